The van der Waals surface area contributed by atoms with E-state index in [0.29, 0.717) is 0 Å². The molecule has 15 heavy (non-hydrogen) atoms. The van der Waals surface area contributed by atoms with E-state index in [1.54, 1.807) is 26.0 Å². The van der Waals surface area contributed by atoms with Gasteiger partial charge in [-0.05, 0) is 37.1 Å². The van der Waals surface area contributed by atoms with Crippen molar-refractivity contribution < 1.29 is 9.90 Å². The molecule has 2 N–H and O–H groups in total. The minimum Gasteiger partial charge on any atom is -0.507 e. The highest BCUT2D eigenvalue weighted by molar-refractivity contribution is 5.89. The SMILES string of the molecule is CC.CC(=O)Nc1cc(C)c(O)c(C)c1. The van der Waals surface area contributed by atoms with Crippen LogP contribution in [0.5, 0.6) is 5.75 Å². The molecule has 0 aromatic heterocycles. The largest absolute Gasteiger partial charge is 0.507 e. The molecule has 0 spiro atoms. The van der Waals surface area contributed by atoms with Crippen LogP contribution in [0.3, 0.4) is 0 Å². The predicted molar refractivity (Wildman–Crippen MR) is 63.2 cm³/mol. The van der Waals surface area contributed by atoms with Crippen molar-refractivity contribution in [3.05, 3.63) is 23.3 Å². The van der Waals surface area contributed by atoms with Crippen molar-refractivity contribution in [2.75, 3.05) is 5.32 Å². The van der Waals surface area contributed by atoms with E-state index >= 15 is 0 Å². The van der Waals surface area contributed by atoms with Crippen LogP contribution in [0.15, 0.2) is 12.1 Å². The monoisotopic (exact) mass is 209 g/mol. The van der Waals surface area contributed by atoms with Gasteiger partial charge in [-0.1, -0.05) is 13.8 Å². The zero-order valence-corrected chi connectivity index (χ0v) is 10.0. The van der Waals surface area contributed by atoms with Crippen molar-refractivity contribution in [2.24, 2.45) is 0 Å². The molecule has 1 rings (SSSR count). The summed E-state index contributed by atoms with van der Waals surface area (Å²) in [5, 5.41) is 12.1. The lowest BCUT2D eigenvalue weighted by Crippen LogP contribution is -2.06. The van der Waals surface area contributed by atoms with E-state index < -0.39 is 0 Å². The van der Waals surface area contributed by atoms with Crippen LogP contribution in [-0.4, -0.2) is 11.0 Å². The number of nitrogens with one attached hydrogen (secondary N) is 1. The molecule has 0 heterocycles. The molecule has 0 bridgehead atoms. The molecule has 3 heteroatoms. The van der Waals surface area contributed by atoms with Crippen LogP contribution in [0.2, 0.25) is 0 Å². The molecular formula is C12H19NO2. The number of hydrogen-bond donors (Lipinski definition) is 2. The summed E-state index contributed by atoms with van der Waals surface area (Å²) in [6, 6.07) is 3.48. The smallest absolute Gasteiger partial charge is 0.221 e. The second kappa shape index (κ2) is 6.06. The first kappa shape index (κ1) is 13.5. The summed E-state index contributed by atoms with van der Waals surface area (Å²) >= 11 is 0. The average Bonchev–Trinajstić information content (AvgIpc) is 2.16. The van der Waals surface area contributed by atoms with Gasteiger partial charge < -0.3 is 10.4 Å². The number of anilines is 1. The van der Waals surface area contributed by atoms with Gasteiger partial charge >= 0.3 is 0 Å². The molecule has 1 aromatic carbocycles. The van der Waals surface area contributed by atoms with Crippen molar-refractivity contribution in [3.63, 3.8) is 0 Å². The van der Waals surface area contributed by atoms with Gasteiger partial charge in [0, 0.05) is 12.6 Å². The summed E-state index contributed by atoms with van der Waals surface area (Å²) in [6.45, 7) is 9.05. The Morgan fingerprint density at radius 1 is 1.20 bits per heavy atom. The van der Waals surface area contributed by atoms with E-state index in [0.717, 1.165) is 16.8 Å². The van der Waals surface area contributed by atoms with Crippen molar-refractivity contribution in [1.82, 2.24) is 0 Å². The molecule has 0 fully saturated rings. The fourth-order valence-corrected chi connectivity index (χ4v) is 1.23. The van der Waals surface area contributed by atoms with Gasteiger partial charge in [0.15, 0.2) is 0 Å². The number of phenols is 1. The Morgan fingerprint density at radius 2 is 1.60 bits per heavy atom. The number of hydrogen-bond acceptors (Lipinski definition) is 2. The van der Waals surface area contributed by atoms with Gasteiger partial charge in [-0.15, -0.1) is 0 Å². The highest BCUT2D eigenvalue weighted by Crippen LogP contribution is 2.25. The minimum absolute atomic E-state index is 0.107. The Kier molecular flexibility index (Phi) is 5.45. The number of rotatable bonds is 1. The van der Waals surface area contributed by atoms with Gasteiger partial charge in [0.25, 0.3) is 0 Å². The zero-order valence-electron chi connectivity index (χ0n) is 10.0. The van der Waals surface area contributed by atoms with Crippen LogP contribution in [0.1, 0.15) is 31.9 Å². The van der Waals surface area contributed by atoms with Crippen LogP contribution in [0, 0.1) is 13.8 Å². The molecule has 1 amide bonds. The lowest BCUT2D eigenvalue weighted by atomic mass is 10.1. The van der Waals surface area contributed by atoms with E-state index in [4.69, 9.17) is 0 Å². The second-order valence-electron chi connectivity index (χ2n) is 3.14. The van der Waals surface area contributed by atoms with E-state index in [1.807, 2.05) is 13.8 Å². The number of aromatic hydroxyl groups is 1. The molecule has 0 unspecified atom stereocenters. The zero-order chi connectivity index (χ0) is 12.0. The number of benzene rings is 1. The normalized spacial score (nSPS) is 8.87. The number of aryl methyl sites for hydroxylation is 2. The first-order valence-electron chi connectivity index (χ1n) is 5.08. The lowest BCUT2D eigenvalue weighted by Gasteiger charge is -2.07. The third kappa shape index (κ3) is 4.02. The highest BCUT2D eigenvalue weighted by atomic mass is 16.3. The van der Waals surface area contributed by atoms with Gasteiger partial charge in [-0.2, -0.15) is 0 Å². The predicted octanol–water partition coefficient (Wildman–Crippen LogP) is 2.99. The van der Waals surface area contributed by atoms with E-state index in [9.17, 15) is 9.90 Å². The van der Waals surface area contributed by atoms with Crippen LogP contribution in [0.25, 0.3) is 0 Å². The van der Waals surface area contributed by atoms with Crippen LogP contribution in [0.4, 0.5) is 5.69 Å². The van der Waals surface area contributed by atoms with Crippen LogP contribution < -0.4 is 5.32 Å². The van der Waals surface area contributed by atoms with Crippen molar-refractivity contribution in [3.8, 4) is 5.75 Å². The number of phenolic OH excluding ortho intramolecular Hbond substituents is 1. The minimum atomic E-state index is -0.107. The molecule has 0 aliphatic rings. The van der Waals surface area contributed by atoms with Gasteiger partial charge in [0.2, 0.25) is 5.91 Å². The average molecular weight is 209 g/mol. The van der Waals surface area contributed by atoms with Crippen molar-refractivity contribution >= 4 is 11.6 Å². The Labute approximate surface area is 91.1 Å². The number of carbonyl (C=O) groups excluding carboxylic acids is 1. The fourth-order valence-electron chi connectivity index (χ4n) is 1.23. The van der Waals surface area contributed by atoms with E-state index in [2.05, 4.69) is 5.32 Å². The highest BCUT2D eigenvalue weighted by Gasteiger charge is 2.03. The summed E-state index contributed by atoms with van der Waals surface area (Å²) in [7, 11) is 0. The molecule has 3 nitrogen and oxygen atoms in total. The fraction of sp³-hybridized carbons (Fsp3) is 0.417. The van der Waals surface area contributed by atoms with Crippen molar-refractivity contribution in [2.45, 2.75) is 34.6 Å². The first-order valence-corrected chi connectivity index (χ1v) is 5.08. The van der Waals surface area contributed by atoms with Crippen LogP contribution >= 0.6 is 0 Å². The Hall–Kier alpha value is -1.51. The first-order chi connectivity index (χ1) is 7.00. The van der Waals surface area contributed by atoms with Gasteiger partial charge in [0.05, 0.1) is 0 Å². The van der Waals surface area contributed by atoms with Crippen molar-refractivity contribution in [1.29, 1.82) is 0 Å². The third-order valence-electron chi connectivity index (χ3n) is 1.81. The summed E-state index contributed by atoms with van der Waals surface area (Å²) < 4.78 is 0. The summed E-state index contributed by atoms with van der Waals surface area (Å²) in [4.78, 5) is 10.7. The maximum absolute atomic E-state index is 10.7. The lowest BCUT2D eigenvalue weighted by molar-refractivity contribution is -0.114. The standard InChI is InChI=1S/C10H13NO2.C2H6/c1-6-4-9(11-8(3)12)5-7(2)10(6)13;1-2/h4-5,13H,1-3H3,(H,11,12);1-2H3. The third-order valence-corrected chi connectivity index (χ3v) is 1.81. The topological polar surface area (TPSA) is 49.3 Å². The molecule has 1 aromatic rings. The molecular weight excluding hydrogens is 190 g/mol. The van der Waals surface area contributed by atoms with Crippen LogP contribution in [-0.2, 0) is 4.79 Å². The summed E-state index contributed by atoms with van der Waals surface area (Å²) in [6.07, 6.45) is 0. The summed E-state index contributed by atoms with van der Waals surface area (Å²) in [5.74, 6) is 0.179. The Balaban J connectivity index is 0.000000921. The maximum atomic E-state index is 10.7. The molecule has 0 aliphatic heterocycles. The summed E-state index contributed by atoms with van der Waals surface area (Å²) in [5.41, 5.74) is 2.26. The molecule has 0 aliphatic carbocycles. The number of carbonyl (C=O) groups is 1. The molecule has 0 radical (unpaired) electrons. The molecule has 0 atom stereocenters. The molecule has 0 saturated carbocycles. The van der Waals surface area contributed by atoms with Gasteiger partial charge in [0.1, 0.15) is 5.75 Å². The molecule has 84 valence electrons. The maximum Gasteiger partial charge on any atom is 0.221 e. The van der Waals surface area contributed by atoms with Gasteiger partial charge in [-0.25, -0.2) is 0 Å². The Bertz CT molecular complexity index is 322. The Morgan fingerprint density at radius 3 is 1.93 bits per heavy atom. The van der Waals surface area contributed by atoms with Gasteiger partial charge in [-0.3, -0.25) is 4.79 Å². The van der Waals surface area contributed by atoms with E-state index in [1.165, 1.54) is 6.92 Å². The quantitative estimate of drug-likeness (QED) is 0.698. The second-order valence-corrected chi connectivity index (χ2v) is 3.14. The number of amides is 1. The molecule has 0 saturated heterocycles. The van der Waals surface area contributed by atoms with E-state index in [-0.39, 0.29) is 11.7 Å².